The van der Waals surface area contributed by atoms with Crippen molar-refractivity contribution in [2.24, 2.45) is 13.0 Å². The van der Waals surface area contributed by atoms with Gasteiger partial charge in [-0.25, -0.2) is 35.5 Å². The van der Waals surface area contributed by atoms with Crippen LogP contribution < -0.4 is 24.4 Å². The van der Waals surface area contributed by atoms with E-state index in [1.165, 1.54) is 40.0 Å². The Morgan fingerprint density at radius 3 is 2.31 bits per heavy atom. The summed E-state index contributed by atoms with van der Waals surface area (Å²) < 4.78 is 182. The molecule has 4 aromatic heterocycles. The van der Waals surface area contributed by atoms with E-state index in [9.17, 15) is 73.0 Å². The number of pyridine rings is 1. The zero-order chi connectivity index (χ0) is 61.7. The highest BCUT2D eigenvalue weighted by Crippen LogP contribution is 2.68. The number of halogens is 10. The summed E-state index contributed by atoms with van der Waals surface area (Å²) in [6.45, 7) is 1.95. The van der Waals surface area contributed by atoms with Crippen LogP contribution in [0.3, 0.4) is 0 Å². The number of hydrogen-bond donors (Lipinski definition) is 4. The van der Waals surface area contributed by atoms with Gasteiger partial charge in [0.1, 0.15) is 41.1 Å². The molecule has 7 aromatic rings. The van der Waals surface area contributed by atoms with Crippen LogP contribution in [0.4, 0.5) is 45.3 Å². The number of fused-ring (bicyclic) bond motifs is 5. The third-order valence-corrected chi connectivity index (χ3v) is 15.7. The van der Waals surface area contributed by atoms with Crippen LogP contribution in [0.1, 0.15) is 96.5 Å². The Hall–Kier alpha value is -7.60. The Kier molecular flexibility index (Phi) is 15.8. The quantitative estimate of drug-likeness (QED) is 0.0411. The van der Waals surface area contributed by atoms with E-state index in [0.717, 1.165) is 45.6 Å². The van der Waals surface area contributed by atoms with Gasteiger partial charge >= 0.3 is 20.0 Å². The number of carbonyl (C=O) groups is 3. The van der Waals surface area contributed by atoms with Gasteiger partial charge in [-0.15, -0.1) is 0 Å². The van der Waals surface area contributed by atoms with E-state index < -0.39 is 190 Å². The number of benzene rings is 3. The van der Waals surface area contributed by atoms with Crippen molar-refractivity contribution in [3.05, 3.63) is 127 Å². The minimum Gasteiger partial charge on any atom is -0.481 e. The zero-order valence-corrected chi connectivity index (χ0v) is 46.7. The summed E-state index contributed by atoms with van der Waals surface area (Å²) in [5.41, 5.74) is -6.78. The Labute approximate surface area is 473 Å². The van der Waals surface area contributed by atoms with Gasteiger partial charge in [0.15, 0.2) is 11.5 Å². The zero-order valence-electron chi connectivity index (χ0n) is 44.2. The fraction of sp³-hybridized carbons (Fsp3) is 0.373. The largest absolute Gasteiger partial charge is 0.524 e. The fourth-order valence-electron chi connectivity index (χ4n) is 10.8. The fourth-order valence-corrected chi connectivity index (χ4v) is 12.3. The van der Waals surface area contributed by atoms with Crippen LogP contribution in [0, 0.1) is 24.5 Å². The summed E-state index contributed by atoms with van der Waals surface area (Å²) in [4.78, 5) is 84.9. The summed E-state index contributed by atoms with van der Waals surface area (Å²) in [6.07, 6.45) is -11.4. The van der Waals surface area contributed by atoms with Crippen molar-refractivity contribution in [3.63, 3.8) is 0 Å². The molecule has 1 fully saturated rings. The second kappa shape index (κ2) is 21.8. The van der Waals surface area contributed by atoms with Gasteiger partial charge in [0.05, 0.1) is 58.7 Å². The van der Waals surface area contributed by atoms with E-state index in [1.54, 1.807) is 0 Å². The number of aromatic nitrogens is 7. The molecule has 0 saturated heterocycles. The standard InChI is InChI=1S/C51H46ClF9N9O12PS/c1-22-12-24(17-37(73)74)40(33(13-22)82-83(76,77)78)49(2,3)20-36(72)70(84(5,79)80)47-39-30(52)7-8-32(42(39)67(4)66-47)69-46(64-45-27(48(69)75)6-9-35(63-45)81-11-10-50(57,58)59)31(16-23-14-25(53)18-26(54)15-23)62-34(71)21-68-43-38(41(65-68)44(55)56)28-19-29(28)51(43,60)61/h6-9,12-15,18,28-29,31,44H,10-11,16-17,19-21H2,1-5H3,(H,62,71)(H,73,74)(H2,76,77,78)/t28-,29+,31-/m0/s1. The lowest BCUT2D eigenvalue weighted by atomic mass is 9.77. The van der Waals surface area contributed by atoms with Crippen LogP contribution >= 0.6 is 19.4 Å². The Morgan fingerprint density at radius 2 is 1.69 bits per heavy atom. The van der Waals surface area contributed by atoms with Gasteiger partial charge in [-0.05, 0) is 72.4 Å². The van der Waals surface area contributed by atoms with Crippen molar-refractivity contribution in [2.45, 2.75) is 95.3 Å². The first-order chi connectivity index (χ1) is 38.9. The second-order valence-electron chi connectivity index (χ2n) is 20.8. The lowest BCUT2D eigenvalue weighted by Crippen LogP contribution is -2.40. The van der Waals surface area contributed by atoms with Gasteiger partial charge in [-0.3, -0.25) is 42.9 Å². The molecule has 2 aliphatic rings. The maximum Gasteiger partial charge on any atom is 0.524 e. The molecule has 3 aromatic carbocycles. The highest BCUT2D eigenvalue weighted by atomic mass is 35.5. The molecule has 0 radical (unpaired) electrons. The maximum atomic E-state index is 15.7. The molecule has 0 aliphatic heterocycles. The number of rotatable bonds is 20. The molecular weight excluding hydrogens is 1200 g/mol. The molecule has 448 valence electrons. The first kappa shape index (κ1) is 61.0. The van der Waals surface area contributed by atoms with E-state index >= 15 is 13.6 Å². The number of nitrogens with zero attached hydrogens (tertiary/aromatic N) is 8. The van der Waals surface area contributed by atoms with Crippen molar-refractivity contribution in [2.75, 3.05) is 17.2 Å². The van der Waals surface area contributed by atoms with Gasteiger partial charge in [0.2, 0.25) is 27.7 Å². The molecule has 2 aliphatic carbocycles. The number of phosphoric acid groups is 1. The van der Waals surface area contributed by atoms with E-state index in [0.29, 0.717) is 17.0 Å². The molecule has 21 nitrogen and oxygen atoms in total. The van der Waals surface area contributed by atoms with Crippen molar-refractivity contribution < 1.29 is 91.0 Å². The van der Waals surface area contributed by atoms with Crippen molar-refractivity contribution >= 4 is 75.0 Å². The van der Waals surface area contributed by atoms with E-state index in [4.69, 9.17) is 20.9 Å². The monoisotopic (exact) mass is 1250 g/mol. The number of carboxylic acid groups (broad SMARTS) is 1. The van der Waals surface area contributed by atoms with Crippen LogP contribution in [-0.2, 0) is 66.7 Å². The van der Waals surface area contributed by atoms with Crippen molar-refractivity contribution in [3.8, 4) is 17.3 Å². The van der Waals surface area contributed by atoms with Crippen LogP contribution in [-0.4, -0.2) is 94.2 Å². The van der Waals surface area contributed by atoms with Crippen molar-refractivity contribution in [1.82, 2.24) is 39.4 Å². The molecule has 4 heterocycles. The van der Waals surface area contributed by atoms with Gasteiger partial charge in [0.25, 0.3) is 17.9 Å². The van der Waals surface area contributed by atoms with Gasteiger partial charge in [-0.2, -0.15) is 41.4 Å². The highest BCUT2D eigenvalue weighted by molar-refractivity contribution is 7.92. The number of phosphoric ester groups is 1. The number of hydrogen-bond acceptors (Lipinski definition) is 13. The number of aliphatic carboxylic acids is 1. The van der Waals surface area contributed by atoms with Crippen LogP contribution in [0.2, 0.25) is 5.02 Å². The summed E-state index contributed by atoms with van der Waals surface area (Å²) in [6, 6.07) is 7.05. The molecular formula is C51H46ClF9N9O12PS. The number of aryl methyl sites for hydroxylation is 2. The number of anilines is 1. The Balaban J connectivity index is 1.23. The van der Waals surface area contributed by atoms with Crippen LogP contribution in [0.5, 0.6) is 11.6 Å². The Morgan fingerprint density at radius 1 is 1.01 bits per heavy atom. The molecule has 0 unspecified atom stereocenters. The summed E-state index contributed by atoms with van der Waals surface area (Å²) in [5, 5.41) is 19.1. The number of alkyl halides is 7. The normalized spacial score (nSPS) is 16.2. The number of sulfonamides is 1. The van der Waals surface area contributed by atoms with Gasteiger partial charge in [-0.1, -0.05) is 31.5 Å². The molecule has 33 heteroatoms. The summed E-state index contributed by atoms with van der Waals surface area (Å²) in [5.74, 6) is -14.8. The third-order valence-electron chi connectivity index (χ3n) is 13.9. The number of ether oxygens (including phenoxy) is 1. The minimum absolute atomic E-state index is 0.0723. The van der Waals surface area contributed by atoms with Crippen LogP contribution in [0.15, 0.2) is 59.4 Å². The molecule has 1 saturated carbocycles. The topological polar surface area (TPSA) is 280 Å². The average Bonchev–Trinajstić information content (AvgIpc) is 1.53. The molecule has 84 heavy (non-hydrogen) atoms. The first-order valence-corrected chi connectivity index (χ1v) is 28.6. The number of carbonyl (C=O) groups excluding carboxylic acids is 2. The number of amides is 2. The molecule has 0 spiro atoms. The van der Waals surface area contributed by atoms with Gasteiger partial charge in [0, 0.05) is 54.5 Å². The maximum absolute atomic E-state index is 15.7. The Bertz CT molecular complexity index is 4100. The van der Waals surface area contributed by atoms with Crippen LogP contribution in [0.25, 0.3) is 27.6 Å². The van der Waals surface area contributed by atoms with E-state index in [1.807, 2.05) is 0 Å². The average molecular weight is 1250 g/mol. The lowest BCUT2D eigenvalue weighted by molar-refractivity contribution is -0.140. The SMILES string of the molecule is Cc1cc(CC(=O)O)c(C(C)(C)CC(=O)N(c2nn(C)c3c(-n4c([C@H](Cc5cc(F)cc(F)c5)NC(=O)Cn5nc(C(F)F)c6c5C(F)(F)[C@@H]5C[C@H]65)nc5nc(OCCC(F)(F)F)ccc5c4=O)ccc(Cl)c23)S(C)(=O)=O)c(OP(=O)(O)O)c1. The first-order valence-electron chi connectivity index (χ1n) is 24.9. The molecule has 0 bridgehead atoms. The molecule has 3 atom stereocenters. The van der Waals surface area contributed by atoms with Crippen molar-refractivity contribution in [1.29, 1.82) is 0 Å². The summed E-state index contributed by atoms with van der Waals surface area (Å²) in [7, 11) is -9.04. The smallest absolute Gasteiger partial charge is 0.481 e. The third kappa shape index (κ3) is 12.2. The number of nitrogens with one attached hydrogen (secondary N) is 1. The minimum atomic E-state index is -5.38. The number of carboxylic acids is 1. The molecule has 9 rings (SSSR count). The summed E-state index contributed by atoms with van der Waals surface area (Å²) >= 11 is 6.86. The second-order valence-corrected chi connectivity index (χ2v) is 24.2. The lowest BCUT2D eigenvalue weighted by Gasteiger charge is -2.31. The predicted molar refractivity (Wildman–Crippen MR) is 279 cm³/mol. The van der Waals surface area contributed by atoms with E-state index in [-0.39, 0.29) is 49.2 Å². The molecule has 4 N–H and O–H groups in total. The highest BCUT2D eigenvalue weighted by Gasteiger charge is 2.67. The molecule has 2 amide bonds. The van der Waals surface area contributed by atoms with E-state index in [2.05, 4.69) is 25.5 Å². The predicted octanol–water partition coefficient (Wildman–Crippen LogP) is 8.44. The van der Waals surface area contributed by atoms with Gasteiger partial charge < -0.3 is 19.7 Å².